The third-order valence-corrected chi connectivity index (χ3v) is 1.25. The zero-order valence-electron chi connectivity index (χ0n) is 8.15. The number of carboxylic acids is 1. The fourth-order valence-electron chi connectivity index (χ4n) is 0.646. The van der Waals surface area contributed by atoms with Gasteiger partial charge in [0.05, 0.1) is 6.54 Å². The van der Waals surface area contributed by atoms with Gasteiger partial charge < -0.3 is 15.2 Å². The summed E-state index contributed by atoms with van der Waals surface area (Å²) in [5, 5.41) is 9.65. The van der Waals surface area contributed by atoms with Crippen LogP contribution in [0.25, 0.3) is 0 Å². The Balaban J connectivity index is 0. The van der Waals surface area contributed by atoms with E-state index in [-0.39, 0.29) is 6.54 Å². The molecule has 0 saturated carbocycles. The van der Waals surface area contributed by atoms with Crippen molar-refractivity contribution in [1.82, 2.24) is 5.32 Å². The summed E-state index contributed by atoms with van der Waals surface area (Å²) in [4.78, 5) is 18.7. The topological polar surface area (TPSA) is 66.4 Å². The third-order valence-electron chi connectivity index (χ3n) is 1.25. The minimum absolute atomic E-state index is 0. The molecular weight excluding hydrogens is 439 g/mol. The molecule has 1 rings (SSSR count). The van der Waals surface area contributed by atoms with E-state index in [1.54, 1.807) is 0 Å². The number of carbonyl (C=O) groups is 1. The Bertz CT molecular complexity index is 277. The van der Waals surface area contributed by atoms with Crippen molar-refractivity contribution >= 4 is 12.4 Å². The normalized spacial score (nSPS) is 7.53. The van der Waals surface area contributed by atoms with Crippen LogP contribution in [0.3, 0.4) is 0 Å². The summed E-state index contributed by atoms with van der Waals surface area (Å²) in [6.45, 7) is 1.73. The molecule has 2 N–H and O–H groups in total. The Kier molecular flexibility index (Phi) is 9.05. The van der Waals surface area contributed by atoms with Crippen LogP contribution in [0.5, 0.6) is 0 Å². The van der Waals surface area contributed by atoms with Crippen molar-refractivity contribution in [2.75, 3.05) is 6.54 Å². The molecule has 1 aromatic rings. The maximum Gasteiger partial charge on any atom is 0.320 e. The molecule has 0 saturated heterocycles. The van der Waals surface area contributed by atoms with Crippen molar-refractivity contribution in [2.24, 2.45) is 0 Å². The molecule has 5 heteroatoms. The number of hydrogen-bond donors (Lipinski definition) is 2. The van der Waals surface area contributed by atoms with Crippen LogP contribution in [0, 0.1) is 6.92 Å². The van der Waals surface area contributed by atoms with E-state index in [4.69, 9.17) is 5.11 Å². The van der Waals surface area contributed by atoms with Gasteiger partial charge in [-0.05, 0) is 6.92 Å². The number of nitrogens with one attached hydrogen (secondary N) is 1. The molecule has 0 atom stereocenters. The summed E-state index contributed by atoms with van der Waals surface area (Å²) in [6.07, 6.45) is 1.22. The van der Waals surface area contributed by atoms with Crippen LogP contribution in [-0.2, 0) is 9.59 Å². The average molecular weight is 451 g/mol. The van der Waals surface area contributed by atoms with Crippen LogP contribution < -0.4 is 5.32 Å². The van der Waals surface area contributed by atoms with Crippen molar-refractivity contribution in [3.05, 3.63) is 35.9 Å². The van der Waals surface area contributed by atoms with Crippen molar-refractivity contribution in [2.45, 2.75) is 6.92 Å². The van der Waals surface area contributed by atoms with E-state index in [9.17, 15) is 9.59 Å². The van der Waals surface area contributed by atoms with Crippen molar-refractivity contribution in [1.29, 1.82) is 0 Å². The predicted molar refractivity (Wildman–Crippen MR) is 52.5 cm³/mol. The molecule has 0 aliphatic carbocycles. The molecule has 0 unspecified atom stereocenters. The Morgan fingerprint density at radius 1 is 1.40 bits per heavy atom. The van der Waals surface area contributed by atoms with Crippen LogP contribution in [-0.4, -0.2) is 24.0 Å². The molecule has 0 aromatic heterocycles. The van der Waals surface area contributed by atoms with Gasteiger partial charge in [-0.1, -0.05) is 35.9 Å². The Hall–Kier alpha value is -2.84. The summed E-state index contributed by atoms with van der Waals surface area (Å²) in [6, 6.07) is 10.3. The number of aryl methyl sites for hydroxylation is 1. The number of amides is 1. The van der Waals surface area contributed by atoms with Crippen LogP contribution >= 0.6 is 0 Å². The van der Waals surface area contributed by atoms with E-state index < -0.39 is 5.97 Å². The van der Waals surface area contributed by atoms with Gasteiger partial charge in [-0.2, -0.15) is 6.41 Å². The number of carboxylic acid groups (broad SMARTS) is 1. The first-order chi connectivity index (χ1) is 6.66. The van der Waals surface area contributed by atoms with Gasteiger partial charge in [0.25, 0.3) is 0 Å². The SMILES string of the molecule is Cc1ccccc1.O=[C-]NCC(=O)O.[Fm]. The van der Waals surface area contributed by atoms with Gasteiger partial charge in [0.2, 0.25) is 0 Å². The van der Waals surface area contributed by atoms with Crippen LogP contribution in [0.15, 0.2) is 30.3 Å². The first-order valence-electron chi connectivity index (χ1n) is 4.00. The quantitative estimate of drug-likeness (QED) is 0.526. The molecular formula is C10H12FmNO3-. The number of hydrogen-bond acceptors (Lipinski definition) is 2. The fraction of sp³-hybridized carbons (Fsp3) is 0.200. The fourth-order valence-corrected chi connectivity index (χ4v) is 0.646. The molecule has 4 nitrogen and oxygen atoms in total. The smallest absolute Gasteiger partial charge is 0.320 e. The second-order valence-electron chi connectivity index (χ2n) is 2.50. The van der Waals surface area contributed by atoms with E-state index in [0.29, 0.717) is 0 Å². The van der Waals surface area contributed by atoms with Gasteiger partial charge in [0, 0.05) is 0 Å². The molecule has 0 radical (unpaired) electrons. The molecule has 0 heterocycles. The van der Waals surface area contributed by atoms with Crippen LogP contribution in [0.2, 0.25) is 0 Å². The summed E-state index contributed by atoms with van der Waals surface area (Å²) in [5.41, 5.74) is 1.32. The van der Waals surface area contributed by atoms with E-state index in [1.165, 1.54) is 12.0 Å². The summed E-state index contributed by atoms with van der Waals surface area (Å²) in [7, 11) is 0. The van der Waals surface area contributed by atoms with Gasteiger partial charge in [-0.15, -0.1) is 0 Å². The summed E-state index contributed by atoms with van der Waals surface area (Å²) in [5.74, 6) is -1.07. The number of aliphatic carboxylic acids is 1. The maximum atomic E-state index is 9.52. The van der Waals surface area contributed by atoms with Gasteiger partial charge in [0.15, 0.2) is 0 Å². The van der Waals surface area contributed by atoms with Crippen molar-refractivity contribution in [3.63, 3.8) is 0 Å². The molecule has 0 fully saturated rings. The predicted octanol–water partition coefficient (Wildman–Crippen LogP) is 0.723. The largest absolute Gasteiger partial charge is 0.521 e. The van der Waals surface area contributed by atoms with Gasteiger partial charge in [-0.3, -0.25) is 4.79 Å². The van der Waals surface area contributed by atoms with Crippen LogP contribution in [0.1, 0.15) is 5.56 Å². The Labute approximate surface area is 82.6 Å². The maximum absolute atomic E-state index is 9.52. The van der Waals surface area contributed by atoms with Gasteiger partial charge >= 0.3 is 5.97 Å². The zero-order chi connectivity index (χ0) is 10.8. The van der Waals surface area contributed by atoms with Crippen molar-refractivity contribution in [3.8, 4) is 0 Å². The number of benzene rings is 1. The summed E-state index contributed by atoms with van der Waals surface area (Å²) < 4.78 is 0. The van der Waals surface area contributed by atoms with E-state index in [1.807, 2.05) is 23.5 Å². The molecule has 0 aliphatic heterocycles. The van der Waals surface area contributed by atoms with E-state index >= 15 is 0 Å². The number of carbonyl (C=O) groups excluding carboxylic acids is 1. The minimum atomic E-state index is -1.07. The van der Waals surface area contributed by atoms with E-state index in [2.05, 4.69) is 19.1 Å². The monoisotopic (exact) mass is 451 g/mol. The Morgan fingerprint density at radius 2 is 1.93 bits per heavy atom. The number of rotatable bonds is 3. The molecule has 15 heavy (non-hydrogen) atoms. The first kappa shape index (κ1) is 14.7. The average Bonchev–Trinajstić information content (AvgIpc) is 2.17. The van der Waals surface area contributed by atoms with Crippen molar-refractivity contribution < 1.29 is 14.7 Å². The first-order valence-corrected chi connectivity index (χ1v) is 4.00. The molecule has 0 spiro atoms. The second kappa shape index (κ2) is 9.25. The molecule has 1 aromatic carbocycles. The minimum Gasteiger partial charge on any atom is -0.521 e. The standard InChI is InChI=1S/C7H8.C3H4NO3.Fm/c1-7-5-3-2-4-6-7;5-2-4-1-3(6)7;/h2-6H,1H3;1H2,(H,4,5)(H,6,7);/q;-1;. The molecule has 88 valence electrons. The molecule has 0 aliphatic rings. The van der Waals surface area contributed by atoms with Gasteiger partial charge in [-0.25, -0.2) is 0 Å². The van der Waals surface area contributed by atoms with E-state index in [0.717, 1.165) is 0 Å². The molecule has 1 amide bonds. The summed E-state index contributed by atoms with van der Waals surface area (Å²) >= 11 is 0. The second-order valence-corrected chi connectivity index (χ2v) is 2.50. The van der Waals surface area contributed by atoms with Gasteiger partial charge in [0.1, 0.15) is 0 Å². The molecule has 0 bridgehead atoms. The Morgan fingerprint density at radius 3 is 2.13 bits per heavy atom. The third kappa shape index (κ3) is 11.2. The zero-order valence-corrected chi connectivity index (χ0v) is 10.6. The van der Waals surface area contributed by atoms with Crippen LogP contribution in [0.4, 0.5) is 0 Å².